The summed E-state index contributed by atoms with van der Waals surface area (Å²) in [6, 6.07) is 3.11. The largest absolute Gasteiger partial charge is 0.492 e. The molecule has 1 aromatic rings. The van der Waals surface area contributed by atoms with E-state index in [1.54, 1.807) is 13.1 Å². The average molecular weight is 211 g/mol. The maximum absolute atomic E-state index is 13.6. The smallest absolute Gasteiger partial charge is 0.132 e. The van der Waals surface area contributed by atoms with Gasteiger partial charge in [0.1, 0.15) is 11.6 Å². The van der Waals surface area contributed by atoms with Gasteiger partial charge in [-0.05, 0) is 18.7 Å². The normalized spacial score (nSPS) is 15.9. The van der Waals surface area contributed by atoms with Gasteiger partial charge in [0.2, 0.25) is 0 Å². The first-order valence-electron chi connectivity index (χ1n) is 5.00. The van der Waals surface area contributed by atoms with Crippen LogP contribution < -0.4 is 10.1 Å². The highest BCUT2D eigenvalue weighted by Crippen LogP contribution is 2.35. The summed E-state index contributed by atoms with van der Waals surface area (Å²) in [5, 5.41) is 12.6. The van der Waals surface area contributed by atoms with Gasteiger partial charge in [0.05, 0.1) is 18.3 Å². The molecule has 1 unspecified atom stereocenters. The molecule has 0 aliphatic carbocycles. The van der Waals surface area contributed by atoms with Crippen molar-refractivity contribution in [3.8, 4) is 5.75 Å². The van der Waals surface area contributed by atoms with E-state index in [-0.39, 0.29) is 5.56 Å². The molecular formula is C11H14FNO2. The van der Waals surface area contributed by atoms with E-state index in [0.29, 0.717) is 18.9 Å². The van der Waals surface area contributed by atoms with E-state index in [2.05, 4.69) is 5.32 Å². The second-order valence-corrected chi connectivity index (χ2v) is 3.62. The Morgan fingerprint density at radius 3 is 3.13 bits per heavy atom. The number of halogens is 1. The number of likely N-dealkylation sites (N-methyl/N-ethyl adjacent to an activating group) is 1. The van der Waals surface area contributed by atoms with Gasteiger partial charge < -0.3 is 15.2 Å². The van der Waals surface area contributed by atoms with E-state index >= 15 is 0 Å². The van der Waals surface area contributed by atoms with E-state index in [1.165, 1.54) is 6.07 Å². The minimum atomic E-state index is -0.858. The van der Waals surface area contributed by atoms with Crippen LogP contribution >= 0.6 is 0 Å². The minimum Gasteiger partial charge on any atom is -0.492 e. The number of fused-ring (bicyclic) bond motifs is 1. The summed E-state index contributed by atoms with van der Waals surface area (Å²) in [6.07, 6.45) is -0.0717. The molecule has 15 heavy (non-hydrogen) atoms. The average Bonchev–Trinajstić information content (AvgIpc) is 2.65. The van der Waals surface area contributed by atoms with E-state index in [1.807, 2.05) is 0 Å². The van der Waals surface area contributed by atoms with Crippen molar-refractivity contribution in [3.63, 3.8) is 0 Å². The summed E-state index contributed by atoms with van der Waals surface area (Å²) in [4.78, 5) is 0. The molecule has 1 atom stereocenters. The van der Waals surface area contributed by atoms with Gasteiger partial charge in [-0.3, -0.25) is 0 Å². The van der Waals surface area contributed by atoms with Crippen LogP contribution in [0.5, 0.6) is 5.75 Å². The quantitative estimate of drug-likeness (QED) is 0.784. The molecule has 0 radical (unpaired) electrons. The molecule has 0 bridgehead atoms. The number of ether oxygens (including phenoxy) is 1. The summed E-state index contributed by atoms with van der Waals surface area (Å²) in [7, 11) is 1.71. The first kappa shape index (κ1) is 10.4. The highest BCUT2D eigenvalue weighted by atomic mass is 19.1. The molecule has 0 fully saturated rings. The Bertz CT molecular complexity index is 368. The van der Waals surface area contributed by atoms with Crippen LogP contribution in [-0.2, 0) is 6.42 Å². The number of aliphatic hydroxyl groups excluding tert-OH is 1. The molecule has 0 saturated heterocycles. The maximum Gasteiger partial charge on any atom is 0.132 e. The fraction of sp³-hybridized carbons (Fsp3) is 0.455. The summed E-state index contributed by atoms with van der Waals surface area (Å²) >= 11 is 0. The molecule has 0 saturated carbocycles. The van der Waals surface area contributed by atoms with Gasteiger partial charge >= 0.3 is 0 Å². The van der Waals surface area contributed by atoms with Crippen LogP contribution in [0.3, 0.4) is 0 Å². The molecule has 1 aromatic carbocycles. The van der Waals surface area contributed by atoms with Gasteiger partial charge in [0, 0.05) is 13.0 Å². The fourth-order valence-corrected chi connectivity index (χ4v) is 1.86. The van der Waals surface area contributed by atoms with Crippen LogP contribution in [-0.4, -0.2) is 25.3 Å². The van der Waals surface area contributed by atoms with E-state index < -0.39 is 11.9 Å². The minimum absolute atomic E-state index is 0.277. The SMILES string of the molecule is CNCC(O)c1c(F)ccc2c1OCC2. The molecule has 0 amide bonds. The molecule has 3 nitrogen and oxygen atoms in total. The molecule has 2 N–H and O–H groups in total. The topological polar surface area (TPSA) is 41.5 Å². The van der Waals surface area contributed by atoms with Crippen molar-refractivity contribution >= 4 is 0 Å². The van der Waals surface area contributed by atoms with Gasteiger partial charge in [-0.2, -0.15) is 0 Å². The van der Waals surface area contributed by atoms with Gasteiger partial charge in [0.15, 0.2) is 0 Å². The monoisotopic (exact) mass is 211 g/mol. The molecule has 1 aliphatic heterocycles. The Hall–Kier alpha value is -1.13. The third kappa shape index (κ3) is 1.82. The molecule has 4 heteroatoms. The van der Waals surface area contributed by atoms with Crippen LogP contribution in [0.4, 0.5) is 4.39 Å². The predicted molar refractivity (Wildman–Crippen MR) is 54.5 cm³/mol. The van der Waals surface area contributed by atoms with Gasteiger partial charge in [-0.15, -0.1) is 0 Å². The summed E-state index contributed by atoms with van der Waals surface area (Å²) in [6.45, 7) is 0.884. The molecule has 2 rings (SSSR count). The van der Waals surface area contributed by atoms with Crippen LogP contribution in [0.1, 0.15) is 17.2 Å². The number of nitrogens with one attached hydrogen (secondary N) is 1. The predicted octanol–water partition coefficient (Wildman–Crippen LogP) is 1.01. The lowest BCUT2D eigenvalue weighted by molar-refractivity contribution is 0.168. The van der Waals surface area contributed by atoms with Crippen molar-refractivity contribution < 1.29 is 14.2 Å². The van der Waals surface area contributed by atoms with E-state index in [0.717, 1.165) is 12.0 Å². The third-order valence-electron chi connectivity index (χ3n) is 2.57. The Morgan fingerprint density at radius 2 is 2.40 bits per heavy atom. The summed E-state index contributed by atoms with van der Waals surface area (Å²) in [5.74, 6) is 0.121. The summed E-state index contributed by atoms with van der Waals surface area (Å²) < 4.78 is 18.9. The Morgan fingerprint density at radius 1 is 1.60 bits per heavy atom. The van der Waals surface area contributed by atoms with Crippen molar-refractivity contribution in [1.82, 2.24) is 5.32 Å². The number of hydrogen-bond donors (Lipinski definition) is 2. The van der Waals surface area contributed by atoms with Crippen molar-refractivity contribution in [2.45, 2.75) is 12.5 Å². The molecule has 82 valence electrons. The van der Waals surface area contributed by atoms with Crippen molar-refractivity contribution in [1.29, 1.82) is 0 Å². The maximum atomic E-state index is 13.6. The lowest BCUT2D eigenvalue weighted by Gasteiger charge is -2.14. The zero-order valence-electron chi connectivity index (χ0n) is 8.59. The highest BCUT2D eigenvalue weighted by molar-refractivity contribution is 5.46. The number of aliphatic hydroxyl groups is 1. The fourth-order valence-electron chi connectivity index (χ4n) is 1.86. The molecular weight excluding hydrogens is 197 g/mol. The van der Waals surface area contributed by atoms with Gasteiger partial charge in [-0.25, -0.2) is 4.39 Å². The zero-order chi connectivity index (χ0) is 10.8. The third-order valence-corrected chi connectivity index (χ3v) is 2.57. The Labute approximate surface area is 87.9 Å². The van der Waals surface area contributed by atoms with Crippen LogP contribution in [0.2, 0.25) is 0 Å². The van der Waals surface area contributed by atoms with Crippen molar-refractivity contribution in [2.75, 3.05) is 20.2 Å². The van der Waals surface area contributed by atoms with Crippen LogP contribution in [0.15, 0.2) is 12.1 Å². The van der Waals surface area contributed by atoms with E-state index in [9.17, 15) is 9.50 Å². The zero-order valence-corrected chi connectivity index (χ0v) is 8.59. The molecule has 0 aromatic heterocycles. The number of hydrogen-bond acceptors (Lipinski definition) is 3. The first-order valence-corrected chi connectivity index (χ1v) is 5.00. The van der Waals surface area contributed by atoms with Gasteiger partial charge in [0.25, 0.3) is 0 Å². The second-order valence-electron chi connectivity index (χ2n) is 3.62. The summed E-state index contributed by atoms with van der Waals surface area (Å²) in [5.41, 5.74) is 1.25. The van der Waals surface area contributed by atoms with E-state index in [4.69, 9.17) is 4.74 Å². The molecule has 1 aliphatic rings. The molecule has 1 heterocycles. The lowest BCUT2D eigenvalue weighted by atomic mass is 10.0. The Kier molecular flexibility index (Phi) is 2.88. The second kappa shape index (κ2) is 4.16. The standard InChI is InChI=1S/C11H14FNO2/c1-13-6-9(14)10-8(12)3-2-7-4-5-15-11(7)10/h2-3,9,13-14H,4-6H2,1H3. The number of rotatable bonds is 3. The Balaban J connectivity index is 2.40. The van der Waals surface area contributed by atoms with Crippen LogP contribution in [0.25, 0.3) is 0 Å². The first-order chi connectivity index (χ1) is 7.24. The van der Waals surface area contributed by atoms with Gasteiger partial charge in [-0.1, -0.05) is 6.07 Å². The van der Waals surface area contributed by atoms with Crippen LogP contribution in [0, 0.1) is 5.82 Å². The highest BCUT2D eigenvalue weighted by Gasteiger charge is 2.24. The van der Waals surface area contributed by atoms with Crippen molar-refractivity contribution in [3.05, 3.63) is 29.1 Å². The molecule has 0 spiro atoms. The van der Waals surface area contributed by atoms with Crippen molar-refractivity contribution in [2.24, 2.45) is 0 Å². The number of benzene rings is 1. The lowest BCUT2D eigenvalue weighted by Crippen LogP contribution is -2.18.